The van der Waals surface area contributed by atoms with Crippen LogP contribution < -0.4 is 0 Å². The Kier molecular flexibility index (Phi) is 3.98. The molecule has 22 heavy (non-hydrogen) atoms. The maximum Gasteiger partial charge on any atom is 0.310 e. The first-order valence-electron chi connectivity index (χ1n) is 7.10. The Morgan fingerprint density at radius 2 is 2.14 bits per heavy atom. The molecule has 4 nitrogen and oxygen atoms in total. The summed E-state index contributed by atoms with van der Waals surface area (Å²) in [7, 11) is 1.39. The van der Waals surface area contributed by atoms with Gasteiger partial charge in [-0.2, -0.15) is 0 Å². The average molecular weight is 316 g/mol. The van der Waals surface area contributed by atoms with E-state index in [1.54, 1.807) is 11.3 Å². The van der Waals surface area contributed by atoms with Crippen molar-refractivity contribution in [3.8, 4) is 10.4 Å². The number of carboxylic acid groups (broad SMARTS) is 1. The molecule has 0 amide bonds. The van der Waals surface area contributed by atoms with Crippen LogP contribution in [0.1, 0.15) is 28.3 Å². The van der Waals surface area contributed by atoms with Crippen molar-refractivity contribution in [3.05, 3.63) is 46.3 Å². The summed E-state index contributed by atoms with van der Waals surface area (Å²) >= 11 is 1.57. The van der Waals surface area contributed by atoms with Crippen LogP contribution in [0.15, 0.2) is 30.3 Å². The van der Waals surface area contributed by atoms with Gasteiger partial charge in [0.1, 0.15) is 0 Å². The second-order valence-electron chi connectivity index (χ2n) is 5.36. The fourth-order valence-electron chi connectivity index (χ4n) is 2.87. The molecule has 0 saturated carbocycles. The molecule has 0 radical (unpaired) electrons. The van der Waals surface area contributed by atoms with Crippen molar-refractivity contribution in [2.45, 2.75) is 25.2 Å². The summed E-state index contributed by atoms with van der Waals surface area (Å²) in [5.74, 6) is -1.36. The van der Waals surface area contributed by atoms with Gasteiger partial charge in [0, 0.05) is 9.75 Å². The van der Waals surface area contributed by atoms with Gasteiger partial charge >= 0.3 is 11.9 Å². The smallest absolute Gasteiger partial charge is 0.310 e. The first-order chi connectivity index (χ1) is 10.6. The monoisotopic (exact) mass is 316 g/mol. The lowest BCUT2D eigenvalue weighted by Crippen LogP contribution is -2.07. The maximum absolute atomic E-state index is 11.3. The van der Waals surface area contributed by atoms with Gasteiger partial charge in [-0.25, -0.2) is 0 Å². The van der Waals surface area contributed by atoms with Crippen LogP contribution in [0.25, 0.3) is 10.4 Å². The van der Waals surface area contributed by atoms with Crippen LogP contribution in [0.5, 0.6) is 0 Å². The Morgan fingerprint density at radius 1 is 1.32 bits per heavy atom. The van der Waals surface area contributed by atoms with Gasteiger partial charge in [0.25, 0.3) is 0 Å². The van der Waals surface area contributed by atoms with E-state index in [1.165, 1.54) is 7.11 Å². The van der Waals surface area contributed by atoms with Crippen LogP contribution in [0, 0.1) is 0 Å². The van der Waals surface area contributed by atoms with Crippen molar-refractivity contribution in [3.63, 3.8) is 0 Å². The predicted molar refractivity (Wildman–Crippen MR) is 84.2 cm³/mol. The molecule has 114 valence electrons. The summed E-state index contributed by atoms with van der Waals surface area (Å²) < 4.78 is 4.68. The van der Waals surface area contributed by atoms with E-state index in [9.17, 15) is 14.7 Å². The van der Waals surface area contributed by atoms with Crippen molar-refractivity contribution in [2.24, 2.45) is 0 Å². The minimum atomic E-state index is -0.747. The molecule has 0 fully saturated rings. The highest BCUT2D eigenvalue weighted by molar-refractivity contribution is 7.15. The summed E-state index contributed by atoms with van der Waals surface area (Å²) in [6.45, 7) is 0. The Labute approximate surface area is 132 Å². The predicted octanol–water partition coefficient (Wildman–Crippen LogP) is 3.25. The molecule has 0 saturated heterocycles. The van der Waals surface area contributed by atoms with Crippen molar-refractivity contribution in [1.82, 2.24) is 0 Å². The molecular formula is C17H16O4S. The molecule has 1 heterocycles. The number of carbonyl (C=O) groups is 2. The zero-order chi connectivity index (χ0) is 15.7. The molecule has 1 atom stereocenters. The van der Waals surface area contributed by atoms with E-state index >= 15 is 0 Å². The molecule has 5 heteroatoms. The number of hydrogen-bond donors (Lipinski definition) is 1. The molecule has 0 aliphatic heterocycles. The second-order valence-corrected chi connectivity index (χ2v) is 6.53. The zero-order valence-corrected chi connectivity index (χ0v) is 13.0. The minimum absolute atomic E-state index is 0.244. The number of ether oxygens (including phenoxy) is 1. The highest BCUT2D eigenvalue weighted by Gasteiger charge is 2.28. The highest BCUT2D eigenvalue weighted by Crippen LogP contribution is 2.37. The molecule has 2 aromatic rings. The van der Waals surface area contributed by atoms with Gasteiger partial charge in [-0.15, -0.1) is 11.3 Å². The Morgan fingerprint density at radius 3 is 2.86 bits per heavy atom. The van der Waals surface area contributed by atoms with Gasteiger partial charge in [-0.05, 0) is 41.7 Å². The molecule has 1 aromatic heterocycles. The number of aryl methyl sites for hydroxylation is 1. The van der Waals surface area contributed by atoms with E-state index < -0.39 is 5.97 Å². The third-order valence-corrected chi connectivity index (χ3v) is 5.15. The van der Waals surface area contributed by atoms with Gasteiger partial charge in [0.05, 0.1) is 19.4 Å². The van der Waals surface area contributed by atoms with E-state index in [0.29, 0.717) is 6.42 Å². The van der Waals surface area contributed by atoms with E-state index in [4.69, 9.17) is 0 Å². The highest BCUT2D eigenvalue weighted by atomic mass is 32.1. The third-order valence-electron chi connectivity index (χ3n) is 4.01. The van der Waals surface area contributed by atoms with Crippen LogP contribution in [0.2, 0.25) is 0 Å². The summed E-state index contributed by atoms with van der Waals surface area (Å²) in [4.78, 5) is 24.6. The minimum Gasteiger partial charge on any atom is -0.481 e. The SMILES string of the molecule is COC(=O)Cc1ccc(-c2ccc3c(c2)CCC3C(=O)O)s1. The number of aliphatic carboxylic acids is 1. The van der Waals surface area contributed by atoms with Crippen molar-refractivity contribution >= 4 is 23.3 Å². The first kappa shape index (κ1) is 14.8. The largest absolute Gasteiger partial charge is 0.481 e. The number of esters is 1. The summed E-state index contributed by atoms with van der Waals surface area (Å²) in [5.41, 5.74) is 3.13. The van der Waals surface area contributed by atoms with Crippen molar-refractivity contribution in [1.29, 1.82) is 0 Å². The topological polar surface area (TPSA) is 63.6 Å². The molecule has 1 aromatic carbocycles. The fraction of sp³-hybridized carbons (Fsp3) is 0.294. The fourth-order valence-corrected chi connectivity index (χ4v) is 3.86. The molecule has 1 aliphatic rings. The van der Waals surface area contributed by atoms with E-state index in [-0.39, 0.29) is 18.3 Å². The molecule has 1 N–H and O–H groups in total. The quantitative estimate of drug-likeness (QED) is 0.880. The Bertz CT molecular complexity index is 732. The lowest BCUT2D eigenvalue weighted by molar-refractivity contribution is -0.140. The number of methoxy groups -OCH3 is 1. The third kappa shape index (κ3) is 2.76. The van der Waals surface area contributed by atoms with Crippen LogP contribution >= 0.6 is 11.3 Å². The first-order valence-corrected chi connectivity index (χ1v) is 7.91. The van der Waals surface area contributed by atoms with Crippen LogP contribution in [0.4, 0.5) is 0 Å². The average Bonchev–Trinajstić information content (AvgIpc) is 3.12. The van der Waals surface area contributed by atoms with Crippen LogP contribution in [-0.4, -0.2) is 24.2 Å². The molecule has 3 rings (SSSR count). The summed E-state index contributed by atoms with van der Waals surface area (Å²) in [6.07, 6.45) is 1.76. The number of rotatable bonds is 4. The summed E-state index contributed by atoms with van der Waals surface area (Å²) in [6, 6.07) is 9.90. The molecule has 1 unspecified atom stereocenters. The number of hydrogen-bond acceptors (Lipinski definition) is 4. The van der Waals surface area contributed by atoms with Gasteiger partial charge in [0.2, 0.25) is 0 Å². The number of fused-ring (bicyclic) bond motifs is 1. The van der Waals surface area contributed by atoms with Gasteiger partial charge in [-0.3, -0.25) is 9.59 Å². The Balaban J connectivity index is 1.85. The van der Waals surface area contributed by atoms with Gasteiger partial charge < -0.3 is 9.84 Å². The second kappa shape index (κ2) is 5.93. The van der Waals surface area contributed by atoms with E-state index in [2.05, 4.69) is 10.8 Å². The lowest BCUT2D eigenvalue weighted by Gasteiger charge is -2.07. The standard InChI is InChI=1S/C17H16O4S/c1-21-16(18)9-12-4-7-15(22-12)11-3-5-13-10(8-11)2-6-14(13)17(19)20/h3-5,7-8,14H,2,6,9H2,1H3,(H,19,20). The van der Waals surface area contributed by atoms with Gasteiger partial charge in [-0.1, -0.05) is 18.2 Å². The lowest BCUT2D eigenvalue weighted by atomic mass is 9.99. The normalized spacial score (nSPS) is 16.3. The molecule has 0 bridgehead atoms. The number of benzene rings is 1. The van der Waals surface area contributed by atoms with Crippen LogP contribution in [0.3, 0.4) is 0 Å². The molecule has 0 spiro atoms. The number of thiophene rings is 1. The number of carboxylic acids is 1. The Hall–Kier alpha value is -2.14. The zero-order valence-electron chi connectivity index (χ0n) is 12.2. The van der Waals surface area contributed by atoms with E-state index in [1.807, 2.05) is 24.3 Å². The van der Waals surface area contributed by atoms with Crippen molar-refractivity contribution < 1.29 is 19.4 Å². The van der Waals surface area contributed by atoms with Gasteiger partial charge in [0.15, 0.2) is 0 Å². The van der Waals surface area contributed by atoms with E-state index in [0.717, 1.165) is 32.9 Å². The number of carbonyl (C=O) groups excluding carboxylic acids is 1. The molecule has 1 aliphatic carbocycles. The maximum atomic E-state index is 11.3. The summed E-state index contributed by atoms with van der Waals surface area (Å²) in [5, 5.41) is 9.22. The molecular weight excluding hydrogens is 300 g/mol. The van der Waals surface area contributed by atoms with Crippen LogP contribution in [-0.2, 0) is 27.2 Å². The van der Waals surface area contributed by atoms with Crippen molar-refractivity contribution in [2.75, 3.05) is 7.11 Å².